The number of nitrogens with zero attached hydrogens (tertiary/aromatic N) is 6. The van der Waals surface area contributed by atoms with Crippen LogP contribution >= 0.6 is 0 Å². The summed E-state index contributed by atoms with van der Waals surface area (Å²) in [4.78, 5) is 9.33. The minimum atomic E-state index is 0.669. The zero-order valence-electron chi connectivity index (χ0n) is 28.4. The lowest BCUT2D eigenvalue weighted by molar-refractivity contribution is -0.663. The Morgan fingerprint density at radius 3 is 1.29 bits per heavy atom. The van der Waals surface area contributed by atoms with Crippen molar-refractivity contribution < 1.29 is 9.13 Å². The number of fused-ring (bicyclic) bond motifs is 4. The van der Waals surface area contributed by atoms with Crippen molar-refractivity contribution in [2.24, 2.45) is 0 Å². The summed E-state index contributed by atoms with van der Waals surface area (Å²) >= 11 is 0. The van der Waals surface area contributed by atoms with Gasteiger partial charge in [-0.2, -0.15) is 9.13 Å². The monoisotopic (exact) mass is 670 g/mol. The quantitative estimate of drug-likeness (QED) is 0.159. The van der Waals surface area contributed by atoms with Gasteiger partial charge in [-0.05, 0) is 82.2 Å². The Morgan fingerprint density at radius 2 is 0.827 bits per heavy atom. The predicted octanol–water partition coefficient (Wildman–Crippen LogP) is 9.01. The molecule has 4 heterocycles. The Hall–Kier alpha value is -6.92. The summed E-state index contributed by atoms with van der Waals surface area (Å²) in [7, 11) is 0. The van der Waals surface area contributed by atoms with Crippen LogP contribution in [-0.2, 0) is 13.1 Å². The maximum Gasteiger partial charge on any atom is 0.250 e. The minimum absolute atomic E-state index is 0.669. The Balaban J connectivity index is 1.28. The van der Waals surface area contributed by atoms with E-state index < -0.39 is 0 Å². The topological polar surface area (TPSA) is 43.4 Å². The number of imidazole rings is 2. The maximum atomic E-state index is 4.66. The van der Waals surface area contributed by atoms with Gasteiger partial charge in [-0.1, -0.05) is 97.1 Å². The molecule has 0 saturated carbocycles. The van der Waals surface area contributed by atoms with E-state index in [1.807, 2.05) is 24.5 Å². The molecule has 0 aliphatic rings. The first kappa shape index (κ1) is 29.9. The van der Waals surface area contributed by atoms with Crippen molar-refractivity contribution >= 4 is 43.6 Å². The van der Waals surface area contributed by atoms with Crippen LogP contribution < -0.4 is 9.13 Å². The molecule has 10 aromatic rings. The molecule has 10 rings (SSSR count). The first-order chi connectivity index (χ1) is 25.8. The molecule has 0 radical (unpaired) electrons. The third kappa shape index (κ3) is 5.04. The molecule has 6 aromatic carbocycles. The highest BCUT2D eigenvalue weighted by Crippen LogP contribution is 2.43. The number of aromatic nitrogens is 6. The number of para-hydroxylation sites is 4. The van der Waals surface area contributed by atoms with Gasteiger partial charge in [-0.3, -0.25) is 9.97 Å². The van der Waals surface area contributed by atoms with Gasteiger partial charge in [-0.25, -0.2) is 9.13 Å². The molecule has 0 fully saturated rings. The second-order valence-corrected chi connectivity index (χ2v) is 13.2. The Labute approximate surface area is 300 Å². The van der Waals surface area contributed by atoms with E-state index in [1.165, 1.54) is 32.7 Å². The van der Waals surface area contributed by atoms with E-state index >= 15 is 0 Å². The van der Waals surface area contributed by atoms with Crippen LogP contribution in [0, 0.1) is 0 Å². The third-order valence-electron chi connectivity index (χ3n) is 10.1. The molecule has 0 aliphatic heterocycles. The number of benzene rings is 6. The lowest BCUT2D eigenvalue weighted by Crippen LogP contribution is -2.33. The second-order valence-electron chi connectivity index (χ2n) is 13.2. The second kappa shape index (κ2) is 12.4. The van der Waals surface area contributed by atoms with Crippen LogP contribution in [0.3, 0.4) is 0 Å². The molecule has 0 bridgehead atoms. The summed E-state index contributed by atoms with van der Waals surface area (Å²) in [5.74, 6) is 0. The van der Waals surface area contributed by atoms with Crippen LogP contribution in [0.15, 0.2) is 183 Å². The van der Waals surface area contributed by atoms with E-state index in [4.69, 9.17) is 0 Å². The molecule has 52 heavy (non-hydrogen) atoms. The third-order valence-corrected chi connectivity index (χ3v) is 10.1. The van der Waals surface area contributed by atoms with Crippen molar-refractivity contribution in [1.82, 2.24) is 19.1 Å². The van der Waals surface area contributed by atoms with E-state index in [1.54, 1.807) is 0 Å². The summed E-state index contributed by atoms with van der Waals surface area (Å²) in [6.07, 6.45) is 8.21. The standard InChI is InChI=1S/C46H34N6/c1-3-17-37-33(13-1)23-25-43(51-31-49(29-35-15-9-11-27-47-35)39-19-5-7-21-41(39)51)45(37)46-38-18-4-2-14-34(38)24-26-44(46)52-32-50(30-36-16-10-12-28-48-36)40-20-6-8-22-42(40)52/h1-28,31-32H,29-30H2/q+2. The van der Waals surface area contributed by atoms with Crippen LogP contribution in [0.25, 0.3) is 66.1 Å². The zero-order valence-corrected chi connectivity index (χ0v) is 28.4. The van der Waals surface area contributed by atoms with Gasteiger partial charge in [0.05, 0.1) is 11.4 Å². The molecule has 0 unspecified atom stereocenters. The fraction of sp³-hybridized carbons (Fsp3) is 0.0435. The average Bonchev–Trinajstić information content (AvgIpc) is 3.76. The van der Waals surface area contributed by atoms with Crippen LogP contribution in [0.4, 0.5) is 0 Å². The number of hydrogen-bond acceptors (Lipinski definition) is 2. The summed E-state index contributed by atoms with van der Waals surface area (Å²) in [5.41, 5.74) is 11.2. The van der Waals surface area contributed by atoms with Gasteiger partial charge >= 0.3 is 0 Å². The Kier molecular flexibility index (Phi) is 7.17. The van der Waals surface area contributed by atoms with Gasteiger partial charge in [0.2, 0.25) is 12.7 Å². The predicted molar refractivity (Wildman–Crippen MR) is 208 cm³/mol. The van der Waals surface area contributed by atoms with Crippen LogP contribution in [0.2, 0.25) is 0 Å². The fourth-order valence-corrected chi connectivity index (χ4v) is 7.76. The normalized spacial score (nSPS) is 11.6. The molecule has 6 nitrogen and oxygen atoms in total. The highest BCUT2D eigenvalue weighted by molar-refractivity contribution is 6.11. The van der Waals surface area contributed by atoms with Crippen molar-refractivity contribution in [2.45, 2.75) is 13.1 Å². The van der Waals surface area contributed by atoms with E-state index in [2.05, 4.69) is 186 Å². The van der Waals surface area contributed by atoms with Gasteiger partial charge in [0.1, 0.15) is 24.5 Å². The summed E-state index contributed by atoms with van der Waals surface area (Å²) in [5, 5.41) is 4.79. The molecule has 0 spiro atoms. The van der Waals surface area contributed by atoms with Crippen LogP contribution in [-0.4, -0.2) is 19.1 Å². The van der Waals surface area contributed by atoms with E-state index in [0.717, 1.165) is 44.8 Å². The summed E-state index contributed by atoms with van der Waals surface area (Å²) < 4.78 is 9.34. The minimum Gasteiger partial charge on any atom is -0.257 e. The van der Waals surface area contributed by atoms with E-state index in [9.17, 15) is 0 Å². The van der Waals surface area contributed by atoms with Gasteiger partial charge in [-0.15, -0.1) is 0 Å². The molecule has 0 amide bonds. The number of rotatable bonds is 7. The molecule has 0 atom stereocenters. The molecule has 0 saturated heterocycles. The SMILES string of the molecule is c1ccc(C[n+]2cn(-c3ccc4ccccc4c3-c3c(-n4c[n+](Cc5ccccn5)c5ccccc54)ccc4ccccc34)c3ccccc32)nc1. The van der Waals surface area contributed by atoms with Crippen molar-refractivity contribution in [3.8, 4) is 22.5 Å². The van der Waals surface area contributed by atoms with Gasteiger partial charge in [0, 0.05) is 23.5 Å². The van der Waals surface area contributed by atoms with E-state index in [-0.39, 0.29) is 0 Å². The molecule has 0 aliphatic carbocycles. The lowest BCUT2D eigenvalue weighted by Gasteiger charge is -2.16. The first-order valence-corrected chi connectivity index (χ1v) is 17.6. The summed E-state index contributed by atoms with van der Waals surface area (Å²) in [6.45, 7) is 1.34. The van der Waals surface area contributed by atoms with E-state index in [0.29, 0.717) is 13.1 Å². The molecule has 6 heteroatoms. The Morgan fingerprint density at radius 1 is 0.404 bits per heavy atom. The van der Waals surface area contributed by atoms with Crippen molar-refractivity contribution in [3.05, 3.63) is 194 Å². The van der Waals surface area contributed by atoms with Crippen molar-refractivity contribution in [3.63, 3.8) is 0 Å². The highest BCUT2D eigenvalue weighted by atomic mass is 15.2. The molecule has 0 N–H and O–H groups in total. The largest absolute Gasteiger partial charge is 0.257 e. The zero-order chi connectivity index (χ0) is 34.4. The lowest BCUT2D eigenvalue weighted by atomic mass is 9.90. The summed E-state index contributed by atoms with van der Waals surface area (Å²) in [6, 6.07) is 56.1. The molecular formula is C46H34N6+2. The average molecular weight is 671 g/mol. The van der Waals surface area contributed by atoms with Crippen molar-refractivity contribution in [2.75, 3.05) is 0 Å². The molecular weight excluding hydrogens is 637 g/mol. The first-order valence-electron chi connectivity index (χ1n) is 17.6. The van der Waals surface area contributed by atoms with Crippen LogP contribution in [0.1, 0.15) is 11.4 Å². The molecule has 246 valence electrons. The number of hydrogen-bond donors (Lipinski definition) is 0. The van der Waals surface area contributed by atoms with Gasteiger partial charge in [0.15, 0.2) is 22.1 Å². The number of pyridine rings is 2. The smallest absolute Gasteiger partial charge is 0.250 e. The molecule has 4 aromatic heterocycles. The van der Waals surface area contributed by atoms with Crippen LogP contribution in [0.5, 0.6) is 0 Å². The van der Waals surface area contributed by atoms with Crippen molar-refractivity contribution in [1.29, 1.82) is 0 Å². The maximum absolute atomic E-state index is 4.66. The van der Waals surface area contributed by atoms with Gasteiger partial charge in [0.25, 0.3) is 0 Å². The fourth-order valence-electron chi connectivity index (χ4n) is 7.76. The Bertz CT molecular complexity index is 2710. The highest BCUT2D eigenvalue weighted by Gasteiger charge is 2.28. The van der Waals surface area contributed by atoms with Gasteiger partial charge < -0.3 is 0 Å².